The number of hydrazine groups is 1. The van der Waals surface area contributed by atoms with E-state index in [-0.39, 0.29) is 17.9 Å². The normalized spacial score (nSPS) is 27.1. The van der Waals surface area contributed by atoms with E-state index in [1.54, 1.807) is 24.3 Å². The van der Waals surface area contributed by atoms with E-state index in [0.717, 1.165) is 25.1 Å². The molecule has 3 aliphatic heterocycles. The molecule has 0 radical (unpaired) electrons. The molecule has 3 fully saturated rings. The Morgan fingerprint density at radius 3 is 2.18 bits per heavy atom. The van der Waals surface area contributed by atoms with Crippen LogP contribution in [0.25, 0.3) is 0 Å². The van der Waals surface area contributed by atoms with Crippen molar-refractivity contribution in [2.24, 2.45) is 5.92 Å². The lowest BCUT2D eigenvalue weighted by Crippen LogP contribution is -2.44. The van der Waals surface area contributed by atoms with Gasteiger partial charge in [-0.2, -0.15) is 5.26 Å². The van der Waals surface area contributed by atoms with Gasteiger partial charge in [0.1, 0.15) is 6.04 Å². The fourth-order valence-corrected chi connectivity index (χ4v) is 4.84. The summed E-state index contributed by atoms with van der Waals surface area (Å²) in [5.41, 5.74) is 2.00. The Balaban J connectivity index is 1.56. The Morgan fingerprint density at radius 1 is 0.893 bits per heavy atom. The Kier molecular flexibility index (Phi) is 3.98. The molecule has 0 saturated carbocycles. The maximum atomic E-state index is 13.4. The zero-order chi connectivity index (χ0) is 19.4. The number of rotatable bonds is 2. The van der Waals surface area contributed by atoms with E-state index in [4.69, 9.17) is 16.9 Å². The molecule has 2 aromatic rings. The quantitative estimate of drug-likeness (QED) is 0.735. The third-order valence-electron chi connectivity index (χ3n) is 5.87. The second kappa shape index (κ2) is 6.42. The lowest BCUT2D eigenvalue weighted by molar-refractivity contribution is -0.126. The molecule has 5 rings (SSSR count). The molecule has 3 heterocycles. The van der Waals surface area contributed by atoms with Crippen molar-refractivity contribution in [3.63, 3.8) is 0 Å². The van der Waals surface area contributed by atoms with Gasteiger partial charge in [0.05, 0.1) is 29.3 Å². The minimum atomic E-state index is -0.480. The van der Waals surface area contributed by atoms with E-state index in [1.807, 2.05) is 24.3 Å². The van der Waals surface area contributed by atoms with E-state index in [9.17, 15) is 9.59 Å². The van der Waals surface area contributed by atoms with E-state index in [1.165, 1.54) is 4.90 Å². The number of halogens is 1. The second-order valence-corrected chi connectivity index (χ2v) is 7.75. The van der Waals surface area contributed by atoms with Gasteiger partial charge in [0.15, 0.2) is 0 Å². The zero-order valence-corrected chi connectivity index (χ0v) is 15.7. The van der Waals surface area contributed by atoms with Gasteiger partial charge in [0.25, 0.3) is 5.91 Å². The van der Waals surface area contributed by atoms with Crippen LogP contribution < -0.4 is 4.90 Å². The van der Waals surface area contributed by atoms with Crippen molar-refractivity contribution in [1.29, 1.82) is 5.26 Å². The first kappa shape index (κ1) is 17.4. The van der Waals surface area contributed by atoms with Crippen LogP contribution in [0.2, 0.25) is 5.02 Å². The monoisotopic (exact) mass is 392 g/mol. The summed E-state index contributed by atoms with van der Waals surface area (Å²) in [5, 5.41) is 13.9. The van der Waals surface area contributed by atoms with Gasteiger partial charge in [-0.25, -0.2) is 14.9 Å². The summed E-state index contributed by atoms with van der Waals surface area (Å²) < 4.78 is 0. The van der Waals surface area contributed by atoms with Crippen LogP contribution in [0.4, 0.5) is 5.69 Å². The maximum Gasteiger partial charge on any atom is 0.253 e. The van der Waals surface area contributed by atoms with E-state index in [2.05, 4.69) is 16.1 Å². The van der Waals surface area contributed by atoms with Crippen LogP contribution in [0.15, 0.2) is 48.5 Å². The number of benzene rings is 2. The molecule has 3 aliphatic rings. The van der Waals surface area contributed by atoms with Crippen LogP contribution in [-0.4, -0.2) is 41.0 Å². The summed E-state index contributed by atoms with van der Waals surface area (Å²) in [6.07, 6.45) is 0.964. The van der Waals surface area contributed by atoms with E-state index in [0.29, 0.717) is 16.3 Å². The van der Waals surface area contributed by atoms with Crippen LogP contribution in [0.1, 0.15) is 23.6 Å². The molecule has 3 unspecified atom stereocenters. The Labute approximate surface area is 167 Å². The van der Waals surface area contributed by atoms with Crippen molar-refractivity contribution in [3.05, 3.63) is 64.7 Å². The van der Waals surface area contributed by atoms with Gasteiger partial charge in [-0.05, 0) is 48.4 Å². The molecule has 28 heavy (non-hydrogen) atoms. The first-order valence-electron chi connectivity index (χ1n) is 9.27. The summed E-state index contributed by atoms with van der Waals surface area (Å²) in [6, 6.07) is 15.5. The third-order valence-corrected chi connectivity index (χ3v) is 6.12. The number of anilines is 1. The molecule has 2 aromatic carbocycles. The van der Waals surface area contributed by atoms with Crippen molar-refractivity contribution in [2.75, 3.05) is 18.0 Å². The summed E-state index contributed by atoms with van der Waals surface area (Å²) in [6.45, 7) is 1.60. The van der Waals surface area contributed by atoms with Crippen molar-refractivity contribution in [3.8, 4) is 6.07 Å². The highest BCUT2D eigenvalue weighted by atomic mass is 35.5. The molecule has 140 valence electrons. The average molecular weight is 393 g/mol. The Bertz CT molecular complexity index is 999. The Morgan fingerprint density at radius 2 is 1.54 bits per heavy atom. The first-order chi connectivity index (χ1) is 13.6. The second-order valence-electron chi connectivity index (χ2n) is 7.32. The van der Waals surface area contributed by atoms with Gasteiger partial charge < -0.3 is 0 Å². The minimum absolute atomic E-state index is 0.176. The predicted molar refractivity (Wildman–Crippen MR) is 103 cm³/mol. The van der Waals surface area contributed by atoms with Gasteiger partial charge in [0.2, 0.25) is 5.91 Å². The molecule has 0 aromatic heterocycles. The number of fused-ring (bicyclic) bond motifs is 3. The largest absolute Gasteiger partial charge is 0.274 e. The molecule has 0 aliphatic carbocycles. The van der Waals surface area contributed by atoms with E-state index >= 15 is 0 Å². The summed E-state index contributed by atoms with van der Waals surface area (Å²) in [4.78, 5) is 28.0. The van der Waals surface area contributed by atoms with E-state index < -0.39 is 12.0 Å². The molecule has 3 atom stereocenters. The number of hydrogen-bond acceptors (Lipinski definition) is 5. The standard InChI is InChI=1S/C21H17ClN4O2/c22-15-6-4-14(5-7-15)18-17-19(25-11-1-10-24(18)25)21(28)26(20(17)27)16-8-2-13(12-23)3-9-16/h2-9,17-19H,1,10-11H2. The highest BCUT2D eigenvalue weighted by Crippen LogP contribution is 2.48. The first-order valence-corrected chi connectivity index (χ1v) is 9.64. The highest BCUT2D eigenvalue weighted by Gasteiger charge is 2.62. The van der Waals surface area contributed by atoms with Crippen LogP contribution >= 0.6 is 11.6 Å². The molecule has 2 amide bonds. The molecule has 7 heteroatoms. The molecule has 3 saturated heterocycles. The third kappa shape index (κ3) is 2.41. The number of carbonyl (C=O) groups is 2. The van der Waals surface area contributed by atoms with Crippen LogP contribution in [0, 0.1) is 17.2 Å². The van der Waals surface area contributed by atoms with Crippen LogP contribution in [0.5, 0.6) is 0 Å². The number of hydrogen-bond donors (Lipinski definition) is 0. The van der Waals surface area contributed by atoms with Gasteiger partial charge in [0, 0.05) is 18.1 Å². The molecule has 6 nitrogen and oxygen atoms in total. The fourth-order valence-electron chi connectivity index (χ4n) is 4.71. The summed E-state index contributed by atoms with van der Waals surface area (Å²) in [5.74, 6) is -0.832. The van der Waals surface area contributed by atoms with Crippen LogP contribution in [-0.2, 0) is 9.59 Å². The molecular formula is C21H17ClN4O2. The minimum Gasteiger partial charge on any atom is -0.274 e. The molecular weight excluding hydrogens is 376 g/mol. The highest BCUT2D eigenvalue weighted by molar-refractivity contribution is 6.30. The van der Waals surface area contributed by atoms with Gasteiger partial charge in [-0.3, -0.25) is 9.59 Å². The van der Waals surface area contributed by atoms with Crippen LogP contribution in [0.3, 0.4) is 0 Å². The number of carbonyl (C=O) groups excluding carboxylic acids is 2. The number of nitriles is 1. The molecule has 0 spiro atoms. The average Bonchev–Trinajstić information content (AvgIpc) is 3.35. The number of nitrogens with zero attached hydrogens (tertiary/aromatic N) is 4. The van der Waals surface area contributed by atoms with Crippen molar-refractivity contribution >= 4 is 29.1 Å². The van der Waals surface area contributed by atoms with Gasteiger partial charge >= 0.3 is 0 Å². The van der Waals surface area contributed by atoms with Crippen molar-refractivity contribution < 1.29 is 9.59 Å². The SMILES string of the molecule is N#Cc1ccc(N2C(=O)C3C(C2=O)N2CCCN2C3c2ccc(Cl)cc2)cc1. The van der Waals surface area contributed by atoms with Gasteiger partial charge in [-0.15, -0.1) is 0 Å². The topological polar surface area (TPSA) is 67.6 Å². The summed E-state index contributed by atoms with van der Waals surface area (Å²) in [7, 11) is 0. The predicted octanol–water partition coefficient (Wildman–Crippen LogP) is 2.75. The Hall–Kier alpha value is -2.72. The van der Waals surface area contributed by atoms with Gasteiger partial charge in [-0.1, -0.05) is 23.7 Å². The number of imide groups is 1. The zero-order valence-electron chi connectivity index (χ0n) is 15.0. The summed E-state index contributed by atoms with van der Waals surface area (Å²) >= 11 is 6.04. The smallest absolute Gasteiger partial charge is 0.253 e. The lowest BCUT2D eigenvalue weighted by Gasteiger charge is -2.29. The van der Waals surface area contributed by atoms with Crippen molar-refractivity contribution in [2.45, 2.75) is 18.5 Å². The maximum absolute atomic E-state index is 13.4. The molecule has 0 bridgehead atoms. The lowest BCUT2D eigenvalue weighted by atomic mass is 9.90. The fraction of sp³-hybridized carbons (Fsp3) is 0.286. The van der Waals surface area contributed by atoms with Crippen molar-refractivity contribution in [1.82, 2.24) is 10.0 Å². The molecule has 0 N–H and O–H groups in total. The number of amides is 2.